The Kier molecular flexibility index (Phi) is 5.07. The number of hydrogen-bond donors (Lipinski definition) is 2. The van der Waals surface area contributed by atoms with Gasteiger partial charge in [0.05, 0.1) is 21.3 Å². The molecule has 0 saturated carbocycles. The summed E-state index contributed by atoms with van der Waals surface area (Å²) in [6.45, 7) is 2.53. The lowest BCUT2D eigenvalue weighted by atomic mass is 10.0. The van der Waals surface area contributed by atoms with Crippen molar-refractivity contribution < 1.29 is 4.74 Å². The fourth-order valence-corrected chi connectivity index (χ4v) is 3.44. The number of nitrogens with one attached hydrogen (secondary N) is 1. The van der Waals surface area contributed by atoms with Gasteiger partial charge < -0.3 is 4.74 Å². The zero-order valence-corrected chi connectivity index (χ0v) is 12.6. The van der Waals surface area contributed by atoms with Gasteiger partial charge in [-0.1, -0.05) is 41.4 Å². The van der Waals surface area contributed by atoms with Crippen molar-refractivity contribution in [2.75, 3.05) is 6.61 Å². The quantitative estimate of drug-likeness (QED) is 0.647. The van der Waals surface area contributed by atoms with Crippen molar-refractivity contribution >= 4 is 34.5 Å². The van der Waals surface area contributed by atoms with Crippen LogP contribution in [0, 0.1) is 0 Å². The van der Waals surface area contributed by atoms with E-state index in [-0.39, 0.29) is 6.04 Å². The number of halogens is 2. The maximum Gasteiger partial charge on any atom is 0.124 e. The molecule has 0 aliphatic rings. The SMILES string of the molecule is CCOc1ccccc1C(NN)c1cc(Cl)sc1Cl. The van der Waals surface area contributed by atoms with Gasteiger partial charge in [0.15, 0.2) is 0 Å². The highest BCUT2D eigenvalue weighted by molar-refractivity contribution is 7.20. The molecule has 102 valence electrons. The molecule has 3 N–H and O–H groups in total. The van der Waals surface area contributed by atoms with Gasteiger partial charge in [0.2, 0.25) is 0 Å². The summed E-state index contributed by atoms with van der Waals surface area (Å²) < 4.78 is 6.88. The molecule has 0 bridgehead atoms. The standard InChI is InChI=1S/C13H14Cl2N2OS/c1-2-18-10-6-4-3-5-8(10)12(17-16)9-7-11(14)19-13(9)15/h3-7,12,17H,2,16H2,1H3. The molecular formula is C13H14Cl2N2OS. The van der Waals surface area contributed by atoms with Crippen LogP contribution in [0.4, 0.5) is 0 Å². The van der Waals surface area contributed by atoms with Gasteiger partial charge in [-0.25, -0.2) is 5.43 Å². The summed E-state index contributed by atoms with van der Waals surface area (Å²) in [6, 6.07) is 9.29. The third-order valence-electron chi connectivity index (χ3n) is 2.69. The van der Waals surface area contributed by atoms with Crippen LogP contribution >= 0.6 is 34.5 Å². The summed E-state index contributed by atoms with van der Waals surface area (Å²) in [5.41, 5.74) is 4.56. The van der Waals surface area contributed by atoms with E-state index in [0.717, 1.165) is 16.9 Å². The van der Waals surface area contributed by atoms with E-state index >= 15 is 0 Å². The fraction of sp³-hybridized carbons (Fsp3) is 0.231. The Bertz CT molecular complexity index is 559. The Balaban J connectivity index is 2.45. The van der Waals surface area contributed by atoms with Gasteiger partial charge in [-0.05, 0) is 19.1 Å². The number of rotatable bonds is 5. The van der Waals surface area contributed by atoms with Crippen LogP contribution in [-0.2, 0) is 0 Å². The van der Waals surface area contributed by atoms with Gasteiger partial charge in [-0.2, -0.15) is 0 Å². The lowest BCUT2D eigenvalue weighted by Crippen LogP contribution is -2.29. The highest BCUT2D eigenvalue weighted by Gasteiger charge is 2.21. The minimum atomic E-state index is -0.251. The van der Waals surface area contributed by atoms with Gasteiger partial charge in [0.25, 0.3) is 0 Å². The molecular weight excluding hydrogens is 303 g/mol. The van der Waals surface area contributed by atoms with Crippen LogP contribution < -0.4 is 16.0 Å². The number of hydrogen-bond acceptors (Lipinski definition) is 4. The second kappa shape index (κ2) is 6.59. The van der Waals surface area contributed by atoms with Crippen molar-refractivity contribution in [2.24, 2.45) is 5.84 Å². The number of hydrazine groups is 1. The summed E-state index contributed by atoms with van der Waals surface area (Å²) in [5, 5.41) is 0. The van der Waals surface area contributed by atoms with Gasteiger partial charge in [0.1, 0.15) is 5.75 Å². The van der Waals surface area contributed by atoms with Crippen molar-refractivity contribution in [3.8, 4) is 5.75 Å². The summed E-state index contributed by atoms with van der Waals surface area (Å²) in [5.74, 6) is 6.46. The fourth-order valence-electron chi connectivity index (χ4n) is 1.90. The first kappa shape index (κ1) is 14.6. The van der Waals surface area contributed by atoms with Crippen LogP contribution in [0.5, 0.6) is 5.75 Å². The molecule has 1 atom stereocenters. The Morgan fingerprint density at radius 3 is 2.63 bits per heavy atom. The molecule has 0 aliphatic heterocycles. The zero-order valence-electron chi connectivity index (χ0n) is 10.3. The van der Waals surface area contributed by atoms with Gasteiger partial charge in [-0.3, -0.25) is 5.84 Å². The van der Waals surface area contributed by atoms with Gasteiger partial charge in [-0.15, -0.1) is 11.3 Å². The zero-order chi connectivity index (χ0) is 13.8. The molecule has 1 aromatic carbocycles. The van der Waals surface area contributed by atoms with E-state index in [2.05, 4.69) is 5.43 Å². The predicted molar refractivity (Wildman–Crippen MR) is 81.1 cm³/mol. The molecule has 0 radical (unpaired) electrons. The van der Waals surface area contributed by atoms with Gasteiger partial charge >= 0.3 is 0 Å². The largest absolute Gasteiger partial charge is 0.494 e. The van der Waals surface area contributed by atoms with Crippen LogP contribution in [0.1, 0.15) is 24.1 Å². The van der Waals surface area contributed by atoms with E-state index in [0.29, 0.717) is 15.3 Å². The summed E-state index contributed by atoms with van der Waals surface area (Å²) in [7, 11) is 0. The summed E-state index contributed by atoms with van der Waals surface area (Å²) in [6.07, 6.45) is 0. The molecule has 1 unspecified atom stereocenters. The molecule has 0 aliphatic carbocycles. The Hall–Kier alpha value is -0.780. The number of nitrogens with two attached hydrogens (primary N) is 1. The molecule has 2 rings (SSSR count). The molecule has 0 saturated heterocycles. The monoisotopic (exact) mass is 316 g/mol. The van der Waals surface area contributed by atoms with Crippen molar-refractivity contribution in [3.05, 3.63) is 50.1 Å². The van der Waals surface area contributed by atoms with Crippen LogP contribution in [0.3, 0.4) is 0 Å². The Labute approximate surface area is 126 Å². The average Bonchev–Trinajstić information content (AvgIpc) is 2.72. The molecule has 2 aromatic rings. The highest BCUT2D eigenvalue weighted by Crippen LogP contribution is 2.39. The lowest BCUT2D eigenvalue weighted by molar-refractivity contribution is 0.333. The van der Waals surface area contributed by atoms with Crippen LogP contribution in [0.25, 0.3) is 0 Å². The van der Waals surface area contributed by atoms with Crippen LogP contribution in [-0.4, -0.2) is 6.61 Å². The van der Waals surface area contributed by atoms with E-state index < -0.39 is 0 Å². The van der Waals surface area contributed by atoms with E-state index in [9.17, 15) is 0 Å². The number of thiophene rings is 1. The first-order valence-corrected chi connectivity index (χ1v) is 7.37. The summed E-state index contributed by atoms with van der Waals surface area (Å²) in [4.78, 5) is 0. The molecule has 6 heteroatoms. The Morgan fingerprint density at radius 1 is 1.32 bits per heavy atom. The molecule has 3 nitrogen and oxygen atoms in total. The van der Waals surface area contributed by atoms with E-state index in [4.69, 9.17) is 33.8 Å². The molecule has 0 fully saturated rings. The second-order valence-electron chi connectivity index (χ2n) is 3.85. The molecule has 1 aromatic heterocycles. The molecule has 19 heavy (non-hydrogen) atoms. The predicted octanol–water partition coefficient (Wildman–Crippen LogP) is 4.01. The minimum absolute atomic E-state index is 0.251. The topological polar surface area (TPSA) is 47.3 Å². The van der Waals surface area contributed by atoms with E-state index in [1.54, 1.807) is 0 Å². The third-order valence-corrected chi connectivity index (χ3v) is 4.21. The molecule has 1 heterocycles. The number of para-hydroxylation sites is 1. The highest BCUT2D eigenvalue weighted by atomic mass is 35.5. The average molecular weight is 317 g/mol. The summed E-state index contributed by atoms with van der Waals surface area (Å²) >= 11 is 13.5. The smallest absolute Gasteiger partial charge is 0.124 e. The van der Waals surface area contributed by atoms with Crippen molar-refractivity contribution in [1.82, 2.24) is 5.43 Å². The maximum absolute atomic E-state index is 6.20. The molecule has 0 amide bonds. The second-order valence-corrected chi connectivity index (χ2v) is 6.14. The minimum Gasteiger partial charge on any atom is -0.494 e. The van der Waals surface area contributed by atoms with E-state index in [1.165, 1.54) is 11.3 Å². The number of benzene rings is 1. The van der Waals surface area contributed by atoms with Crippen molar-refractivity contribution in [1.29, 1.82) is 0 Å². The van der Waals surface area contributed by atoms with Crippen LogP contribution in [0.2, 0.25) is 8.67 Å². The van der Waals surface area contributed by atoms with Crippen molar-refractivity contribution in [2.45, 2.75) is 13.0 Å². The van der Waals surface area contributed by atoms with E-state index in [1.807, 2.05) is 37.3 Å². The lowest BCUT2D eigenvalue weighted by Gasteiger charge is -2.19. The normalized spacial score (nSPS) is 12.4. The Morgan fingerprint density at radius 2 is 2.05 bits per heavy atom. The van der Waals surface area contributed by atoms with Crippen molar-refractivity contribution in [3.63, 3.8) is 0 Å². The maximum atomic E-state index is 6.20. The first-order chi connectivity index (χ1) is 9.17. The van der Waals surface area contributed by atoms with Gasteiger partial charge in [0, 0.05) is 11.1 Å². The third kappa shape index (κ3) is 3.22. The van der Waals surface area contributed by atoms with Crippen LogP contribution in [0.15, 0.2) is 30.3 Å². The first-order valence-electron chi connectivity index (χ1n) is 5.80. The number of ether oxygens (including phenoxy) is 1. The molecule has 0 spiro atoms.